The first kappa shape index (κ1) is 14.8. The number of amides is 1. The standard InChI is InChI=1S/C13H19ClN4O2/c1-15-11(19)5-6-16-12-10(14)7-17-18(13(12)20)8-9-3-2-4-9/h7,9,16H,2-6,8H2,1H3,(H,15,19). The zero-order valence-corrected chi connectivity index (χ0v) is 12.2. The van der Waals surface area contributed by atoms with Gasteiger partial charge >= 0.3 is 0 Å². The van der Waals surface area contributed by atoms with E-state index >= 15 is 0 Å². The number of halogens is 1. The summed E-state index contributed by atoms with van der Waals surface area (Å²) in [6, 6.07) is 0. The van der Waals surface area contributed by atoms with E-state index in [1.54, 1.807) is 7.05 Å². The largest absolute Gasteiger partial charge is 0.379 e. The van der Waals surface area contributed by atoms with Crippen molar-refractivity contribution in [3.05, 3.63) is 21.6 Å². The predicted molar refractivity (Wildman–Crippen MR) is 78.0 cm³/mol. The van der Waals surface area contributed by atoms with Crippen LogP contribution in [0.1, 0.15) is 25.7 Å². The second-order valence-electron chi connectivity index (χ2n) is 5.00. The highest BCUT2D eigenvalue weighted by Crippen LogP contribution is 2.27. The van der Waals surface area contributed by atoms with Crippen molar-refractivity contribution in [3.63, 3.8) is 0 Å². The Morgan fingerprint density at radius 2 is 2.30 bits per heavy atom. The molecule has 1 fully saturated rings. The van der Waals surface area contributed by atoms with Crippen LogP contribution in [-0.4, -0.2) is 29.3 Å². The smallest absolute Gasteiger partial charge is 0.291 e. The van der Waals surface area contributed by atoms with Crippen LogP contribution in [-0.2, 0) is 11.3 Å². The van der Waals surface area contributed by atoms with Crippen LogP contribution in [0.25, 0.3) is 0 Å². The lowest BCUT2D eigenvalue weighted by atomic mass is 9.85. The number of carbonyl (C=O) groups is 1. The third-order valence-corrected chi connectivity index (χ3v) is 3.87. The molecule has 1 aliphatic rings. The monoisotopic (exact) mass is 298 g/mol. The molecule has 1 aromatic rings. The van der Waals surface area contributed by atoms with Crippen LogP contribution >= 0.6 is 11.6 Å². The average molecular weight is 299 g/mol. The van der Waals surface area contributed by atoms with E-state index in [4.69, 9.17) is 11.6 Å². The van der Waals surface area contributed by atoms with Gasteiger partial charge in [0.05, 0.1) is 11.2 Å². The van der Waals surface area contributed by atoms with Gasteiger partial charge in [-0.3, -0.25) is 9.59 Å². The molecular weight excluding hydrogens is 280 g/mol. The Morgan fingerprint density at radius 3 is 2.90 bits per heavy atom. The number of carbonyl (C=O) groups excluding carboxylic acids is 1. The van der Waals surface area contributed by atoms with Crippen molar-refractivity contribution >= 4 is 23.2 Å². The summed E-state index contributed by atoms with van der Waals surface area (Å²) < 4.78 is 1.46. The maximum Gasteiger partial charge on any atom is 0.291 e. The molecule has 0 radical (unpaired) electrons. The van der Waals surface area contributed by atoms with Crippen LogP contribution in [0.4, 0.5) is 5.69 Å². The van der Waals surface area contributed by atoms with E-state index in [0.29, 0.717) is 24.7 Å². The van der Waals surface area contributed by atoms with Gasteiger partial charge in [-0.25, -0.2) is 4.68 Å². The molecule has 2 rings (SSSR count). The van der Waals surface area contributed by atoms with Crippen LogP contribution in [0.15, 0.2) is 11.0 Å². The molecule has 0 bridgehead atoms. The molecule has 0 atom stereocenters. The molecule has 1 aromatic heterocycles. The van der Waals surface area contributed by atoms with E-state index in [-0.39, 0.29) is 22.9 Å². The average Bonchev–Trinajstić information content (AvgIpc) is 2.39. The molecule has 0 saturated heterocycles. The molecule has 7 heteroatoms. The molecule has 110 valence electrons. The highest BCUT2D eigenvalue weighted by atomic mass is 35.5. The predicted octanol–water partition coefficient (Wildman–Crippen LogP) is 1.24. The number of aromatic nitrogens is 2. The molecule has 1 heterocycles. The van der Waals surface area contributed by atoms with Gasteiger partial charge < -0.3 is 10.6 Å². The summed E-state index contributed by atoms with van der Waals surface area (Å²) in [6.45, 7) is 1.00. The van der Waals surface area contributed by atoms with Gasteiger partial charge in [-0.1, -0.05) is 18.0 Å². The van der Waals surface area contributed by atoms with Crippen molar-refractivity contribution in [2.75, 3.05) is 18.9 Å². The SMILES string of the molecule is CNC(=O)CCNc1c(Cl)cnn(CC2CCC2)c1=O. The van der Waals surface area contributed by atoms with Gasteiger partial charge in [0.25, 0.3) is 5.56 Å². The number of rotatable bonds is 6. The van der Waals surface area contributed by atoms with Gasteiger partial charge in [0.1, 0.15) is 5.69 Å². The number of hydrogen-bond donors (Lipinski definition) is 2. The Bertz CT molecular complexity index is 540. The van der Waals surface area contributed by atoms with E-state index in [1.807, 2.05) is 0 Å². The fourth-order valence-electron chi connectivity index (χ4n) is 2.10. The first-order valence-electron chi connectivity index (χ1n) is 6.82. The summed E-state index contributed by atoms with van der Waals surface area (Å²) in [5.41, 5.74) is 0.103. The first-order chi connectivity index (χ1) is 9.61. The quantitative estimate of drug-likeness (QED) is 0.828. The second-order valence-corrected chi connectivity index (χ2v) is 5.41. The fraction of sp³-hybridized carbons (Fsp3) is 0.615. The summed E-state index contributed by atoms with van der Waals surface area (Å²) in [5, 5.41) is 9.82. The Labute approximate surface area is 122 Å². The van der Waals surface area contributed by atoms with Gasteiger partial charge in [0.15, 0.2) is 0 Å². The minimum atomic E-state index is -0.221. The third-order valence-electron chi connectivity index (χ3n) is 3.59. The number of nitrogens with zero attached hydrogens (tertiary/aromatic N) is 2. The van der Waals surface area contributed by atoms with Crippen LogP contribution in [0.5, 0.6) is 0 Å². The van der Waals surface area contributed by atoms with Crippen molar-refractivity contribution in [2.24, 2.45) is 5.92 Å². The van der Waals surface area contributed by atoms with Gasteiger partial charge in [0, 0.05) is 26.6 Å². The van der Waals surface area contributed by atoms with Crippen LogP contribution < -0.4 is 16.2 Å². The lowest BCUT2D eigenvalue weighted by molar-refractivity contribution is -0.120. The van der Waals surface area contributed by atoms with Gasteiger partial charge in [-0.05, 0) is 18.8 Å². The molecule has 2 N–H and O–H groups in total. The summed E-state index contributed by atoms with van der Waals surface area (Å²) in [6.07, 6.45) is 5.29. The van der Waals surface area contributed by atoms with E-state index < -0.39 is 0 Å². The third kappa shape index (κ3) is 3.50. The van der Waals surface area contributed by atoms with Gasteiger partial charge in [-0.15, -0.1) is 0 Å². The molecule has 0 aromatic carbocycles. The molecule has 20 heavy (non-hydrogen) atoms. The number of nitrogens with one attached hydrogen (secondary N) is 2. The van der Waals surface area contributed by atoms with Crippen molar-refractivity contribution < 1.29 is 4.79 Å². The Balaban J connectivity index is 2.04. The summed E-state index contributed by atoms with van der Waals surface area (Å²) >= 11 is 6.00. The highest BCUT2D eigenvalue weighted by Gasteiger charge is 2.20. The second kappa shape index (κ2) is 6.74. The molecule has 0 unspecified atom stereocenters. The van der Waals surface area contributed by atoms with Crippen LogP contribution in [0.2, 0.25) is 5.02 Å². The van der Waals surface area contributed by atoms with E-state index in [1.165, 1.54) is 17.3 Å². The normalized spacial score (nSPS) is 14.7. The maximum absolute atomic E-state index is 12.3. The van der Waals surface area contributed by atoms with Crippen LogP contribution in [0.3, 0.4) is 0 Å². The Hall–Kier alpha value is -1.56. The van der Waals surface area contributed by atoms with E-state index in [2.05, 4.69) is 15.7 Å². The minimum Gasteiger partial charge on any atom is -0.379 e. The molecule has 1 aliphatic carbocycles. The van der Waals surface area contributed by atoms with Crippen molar-refractivity contribution in [2.45, 2.75) is 32.2 Å². The van der Waals surface area contributed by atoms with Crippen molar-refractivity contribution in [1.82, 2.24) is 15.1 Å². The van der Waals surface area contributed by atoms with E-state index in [0.717, 1.165) is 12.8 Å². The summed E-state index contributed by atoms with van der Waals surface area (Å²) in [4.78, 5) is 23.4. The van der Waals surface area contributed by atoms with Crippen LogP contribution in [0, 0.1) is 5.92 Å². The van der Waals surface area contributed by atoms with Crippen molar-refractivity contribution in [3.8, 4) is 0 Å². The zero-order chi connectivity index (χ0) is 14.5. The molecule has 1 saturated carbocycles. The fourth-order valence-corrected chi connectivity index (χ4v) is 2.30. The van der Waals surface area contributed by atoms with Gasteiger partial charge in [-0.2, -0.15) is 5.10 Å². The van der Waals surface area contributed by atoms with Crippen molar-refractivity contribution in [1.29, 1.82) is 0 Å². The first-order valence-corrected chi connectivity index (χ1v) is 7.19. The number of anilines is 1. The topological polar surface area (TPSA) is 76.0 Å². The lowest BCUT2D eigenvalue weighted by Gasteiger charge is -2.25. The zero-order valence-electron chi connectivity index (χ0n) is 11.5. The molecular formula is C13H19ClN4O2. The number of hydrogen-bond acceptors (Lipinski definition) is 4. The molecule has 1 amide bonds. The Morgan fingerprint density at radius 1 is 1.55 bits per heavy atom. The molecule has 0 aliphatic heterocycles. The maximum atomic E-state index is 12.3. The Kier molecular flexibility index (Phi) is 5.00. The minimum absolute atomic E-state index is 0.0857. The summed E-state index contributed by atoms with van der Waals surface area (Å²) in [5.74, 6) is 0.456. The lowest BCUT2D eigenvalue weighted by Crippen LogP contribution is -2.31. The molecule has 6 nitrogen and oxygen atoms in total. The summed E-state index contributed by atoms with van der Waals surface area (Å²) in [7, 11) is 1.58. The van der Waals surface area contributed by atoms with E-state index in [9.17, 15) is 9.59 Å². The van der Waals surface area contributed by atoms with Gasteiger partial charge in [0.2, 0.25) is 5.91 Å². The molecule has 0 spiro atoms. The highest BCUT2D eigenvalue weighted by molar-refractivity contribution is 6.33.